The van der Waals surface area contributed by atoms with Crippen molar-refractivity contribution in [3.05, 3.63) is 59.2 Å². The third-order valence-electron chi connectivity index (χ3n) is 5.55. The molecule has 0 radical (unpaired) electrons. The number of methoxy groups -OCH3 is 1. The van der Waals surface area contributed by atoms with Crippen molar-refractivity contribution in [2.24, 2.45) is 5.92 Å². The Morgan fingerprint density at radius 3 is 2.53 bits per heavy atom. The number of carbonyl (C=O) groups is 2. The highest BCUT2D eigenvalue weighted by Crippen LogP contribution is 2.26. The first kappa shape index (κ1) is 21.7. The van der Waals surface area contributed by atoms with Crippen molar-refractivity contribution in [2.75, 3.05) is 25.6 Å². The number of nitrogens with zero attached hydrogens (tertiary/aromatic N) is 1. The highest BCUT2D eigenvalue weighted by atomic mass is 16.5. The molecular weight excluding hydrogens is 378 g/mol. The summed E-state index contributed by atoms with van der Waals surface area (Å²) < 4.78 is 5.12. The van der Waals surface area contributed by atoms with Crippen LogP contribution < -0.4 is 20.3 Å². The smallest absolute Gasteiger partial charge is 0.251 e. The van der Waals surface area contributed by atoms with Crippen LogP contribution in [0.5, 0.6) is 5.75 Å². The fourth-order valence-corrected chi connectivity index (χ4v) is 3.75. The van der Waals surface area contributed by atoms with Crippen LogP contribution in [0.25, 0.3) is 0 Å². The molecule has 160 valence electrons. The second-order valence-corrected chi connectivity index (χ2v) is 8.13. The maximum atomic E-state index is 12.8. The van der Waals surface area contributed by atoms with Gasteiger partial charge in [-0.2, -0.15) is 0 Å². The number of amides is 2. The molecule has 2 aromatic carbocycles. The number of fused-ring (bicyclic) bond motifs is 1. The molecule has 2 N–H and O–H groups in total. The number of carbonyl (C=O) groups excluding carboxylic acids is 2. The lowest BCUT2D eigenvalue weighted by Gasteiger charge is -2.28. The normalized spacial score (nSPS) is 14.1. The number of hydrogen-bond acceptors (Lipinski definition) is 4. The minimum Gasteiger partial charge on any atom is -0.497 e. The van der Waals surface area contributed by atoms with Crippen LogP contribution in [0.3, 0.4) is 0 Å². The molecule has 30 heavy (non-hydrogen) atoms. The van der Waals surface area contributed by atoms with Gasteiger partial charge in [-0.1, -0.05) is 26.0 Å². The molecule has 1 aliphatic rings. The molecule has 0 spiro atoms. The predicted molar refractivity (Wildman–Crippen MR) is 119 cm³/mol. The van der Waals surface area contributed by atoms with Crippen LogP contribution in [0.1, 0.15) is 41.8 Å². The Labute approximate surface area is 178 Å². The Morgan fingerprint density at radius 2 is 1.87 bits per heavy atom. The van der Waals surface area contributed by atoms with Crippen LogP contribution in [0.15, 0.2) is 42.5 Å². The van der Waals surface area contributed by atoms with Gasteiger partial charge in [0.05, 0.1) is 7.11 Å². The van der Waals surface area contributed by atoms with Crippen molar-refractivity contribution in [1.29, 1.82) is 0 Å². The number of hydrogen-bond donors (Lipinski definition) is 2. The molecule has 0 aromatic heterocycles. The van der Waals surface area contributed by atoms with E-state index < -0.39 is 6.04 Å². The molecule has 0 bridgehead atoms. The molecule has 2 aromatic rings. The van der Waals surface area contributed by atoms with Crippen molar-refractivity contribution in [3.63, 3.8) is 0 Å². The van der Waals surface area contributed by atoms with Gasteiger partial charge in [-0.15, -0.1) is 0 Å². The zero-order chi connectivity index (χ0) is 21.7. The quantitative estimate of drug-likeness (QED) is 0.737. The van der Waals surface area contributed by atoms with Crippen LogP contribution in [0, 0.1) is 5.92 Å². The van der Waals surface area contributed by atoms with Gasteiger partial charge in [0, 0.05) is 31.4 Å². The molecule has 6 nitrogen and oxygen atoms in total. The highest BCUT2D eigenvalue weighted by Gasteiger charge is 2.24. The lowest BCUT2D eigenvalue weighted by atomic mass is 9.99. The van der Waals surface area contributed by atoms with E-state index in [0.29, 0.717) is 17.9 Å². The number of anilines is 1. The molecule has 6 heteroatoms. The molecule has 1 heterocycles. The van der Waals surface area contributed by atoms with Crippen LogP contribution in [0.2, 0.25) is 0 Å². The van der Waals surface area contributed by atoms with E-state index in [-0.39, 0.29) is 17.7 Å². The zero-order valence-electron chi connectivity index (χ0n) is 18.2. The highest BCUT2D eigenvalue weighted by molar-refractivity contribution is 5.97. The van der Waals surface area contributed by atoms with E-state index in [1.54, 1.807) is 31.4 Å². The van der Waals surface area contributed by atoms with Gasteiger partial charge in [-0.05, 0) is 60.2 Å². The molecule has 0 aliphatic carbocycles. The number of nitrogens with one attached hydrogen (secondary N) is 2. The van der Waals surface area contributed by atoms with Crippen molar-refractivity contribution in [3.8, 4) is 5.75 Å². The monoisotopic (exact) mass is 409 g/mol. The predicted octanol–water partition coefficient (Wildman–Crippen LogP) is 3.15. The standard InChI is InChI=1S/C24H31N3O3/c1-16(2)22(26-23(28)18-8-10-20(30-4)11-9-18)24(29)25-15-17-7-12-21-19(14-17)6-5-13-27(21)3/h7-12,14,16,22H,5-6,13,15H2,1-4H3,(H,25,29)(H,26,28). The van der Waals surface area contributed by atoms with Crippen LogP contribution in [0.4, 0.5) is 5.69 Å². The van der Waals surface area contributed by atoms with E-state index in [1.165, 1.54) is 11.3 Å². The summed E-state index contributed by atoms with van der Waals surface area (Å²) in [5.74, 6) is 0.190. The largest absolute Gasteiger partial charge is 0.497 e. The summed E-state index contributed by atoms with van der Waals surface area (Å²) in [4.78, 5) is 27.7. The van der Waals surface area contributed by atoms with Crippen molar-refractivity contribution < 1.29 is 14.3 Å². The maximum absolute atomic E-state index is 12.8. The van der Waals surface area contributed by atoms with Crippen molar-refractivity contribution in [2.45, 2.75) is 39.3 Å². The van der Waals surface area contributed by atoms with Gasteiger partial charge in [0.25, 0.3) is 5.91 Å². The summed E-state index contributed by atoms with van der Waals surface area (Å²) in [5.41, 5.74) is 4.15. The Kier molecular flexibility index (Phi) is 6.98. The second kappa shape index (κ2) is 9.65. The van der Waals surface area contributed by atoms with E-state index in [1.807, 2.05) is 13.8 Å². The molecule has 3 rings (SSSR count). The van der Waals surface area contributed by atoms with Crippen molar-refractivity contribution >= 4 is 17.5 Å². The Hall–Kier alpha value is -3.02. The first-order valence-electron chi connectivity index (χ1n) is 10.4. The van der Waals surface area contributed by atoms with E-state index in [2.05, 4.69) is 40.8 Å². The summed E-state index contributed by atoms with van der Waals surface area (Å²) >= 11 is 0. The number of benzene rings is 2. The Bertz CT molecular complexity index is 893. The number of aryl methyl sites for hydroxylation is 1. The average molecular weight is 410 g/mol. The van der Waals surface area contributed by atoms with Crippen molar-refractivity contribution in [1.82, 2.24) is 10.6 Å². The average Bonchev–Trinajstić information content (AvgIpc) is 2.75. The van der Waals surface area contributed by atoms with Crippen LogP contribution in [-0.4, -0.2) is 38.6 Å². The van der Waals surface area contributed by atoms with Gasteiger partial charge in [0.2, 0.25) is 5.91 Å². The summed E-state index contributed by atoms with van der Waals surface area (Å²) in [5, 5.41) is 5.85. The van der Waals surface area contributed by atoms with Gasteiger partial charge < -0.3 is 20.3 Å². The van der Waals surface area contributed by atoms with Gasteiger partial charge in [-0.25, -0.2) is 0 Å². The molecule has 1 atom stereocenters. The molecule has 0 saturated carbocycles. The zero-order valence-corrected chi connectivity index (χ0v) is 18.2. The summed E-state index contributed by atoms with van der Waals surface area (Å²) in [6.45, 7) is 5.37. The minimum absolute atomic E-state index is 0.0376. The van der Waals surface area contributed by atoms with E-state index in [4.69, 9.17) is 4.74 Å². The SMILES string of the molecule is COc1ccc(C(=O)NC(C(=O)NCc2ccc3c(c2)CCCN3C)C(C)C)cc1. The van der Waals surface area contributed by atoms with E-state index in [0.717, 1.165) is 24.9 Å². The van der Waals surface area contributed by atoms with E-state index >= 15 is 0 Å². The molecule has 0 fully saturated rings. The maximum Gasteiger partial charge on any atom is 0.251 e. The lowest BCUT2D eigenvalue weighted by Crippen LogP contribution is -2.49. The van der Waals surface area contributed by atoms with Crippen LogP contribution in [-0.2, 0) is 17.8 Å². The first-order chi connectivity index (χ1) is 14.4. The first-order valence-corrected chi connectivity index (χ1v) is 10.4. The fraction of sp³-hybridized carbons (Fsp3) is 0.417. The topological polar surface area (TPSA) is 70.7 Å². The summed E-state index contributed by atoms with van der Waals surface area (Å²) in [6.07, 6.45) is 2.21. The third kappa shape index (κ3) is 5.12. The third-order valence-corrected chi connectivity index (χ3v) is 5.55. The molecule has 1 aliphatic heterocycles. The molecule has 2 amide bonds. The molecular formula is C24H31N3O3. The summed E-state index contributed by atoms with van der Waals surface area (Å²) in [7, 11) is 3.69. The lowest BCUT2D eigenvalue weighted by molar-refractivity contribution is -0.124. The van der Waals surface area contributed by atoms with Gasteiger partial charge in [0.1, 0.15) is 11.8 Å². The van der Waals surface area contributed by atoms with E-state index in [9.17, 15) is 9.59 Å². The van der Waals surface area contributed by atoms with Gasteiger partial charge in [0.15, 0.2) is 0 Å². The van der Waals surface area contributed by atoms with Gasteiger partial charge >= 0.3 is 0 Å². The van der Waals surface area contributed by atoms with Gasteiger partial charge in [-0.3, -0.25) is 9.59 Å². The summed E-state index contributed by atoms with van der Waals surface area (Å²) in [6, 6.07) is 12.6. The Balaban J connectivity index is 1.62. The fourth-order valence-electron chi connectivity index (χ4n) is 3.75. The number of rotatable bonds is 7. The molecule has 1 unspecified atom stereocenters. The second-order valence-electron chi connectivity index (χ2n) is 8.13. The molecule has 0 saturated heterocycles. The van der Waals surface area contributed by atoms with Crippen LogP contribution >= 0.6 is 0 Å². The number of ether oxygens (including phenoxy) is 1. The minimum atomic E-state index is -0.608. The Morgan fingerprint density at radius 1 is 1.13 bits per heavy atom.